The molecule has 1 unspecified atom stereocenters. The Morgan fingerprint density at radius 3 is 2.29 bits per heavy atom. The Kier molecular flexibility index (Phi) is 6.76. The SMILES string of the molecule is O=C(CNC(=O)C(Cc1ccncc1)c1ccc(Cl)cc1)Nc1ccccc1. The van der Waals surface area contributed by atoms with Crippen molar-refractivity contribution in [3.8, 4) is 0 Å². The zero-order valence-corrected chi connectivity index (χ0v) is 15.9. The molecule has 0 fully saturated rings. The third kappa shape index (κ3) is 5.66. The fourth-order valence-electron chi connectivity index (χ4n) is 2.83. The first kappa shape index (κ1) is 19.6. The van der Waals surface area contributed by atoms with E-state index in [1.807, 2.05) is 42.5 Å². The largest absolute Gasteiger partial charge is 0.346 e. The topological polar surface area (TPSA) is 71.1 Å². The van der Waals surface area contributed by atoms with Gasteiger partial charge in [-0.25, -0.2) is 0 Å². The summed E-state index contributed by atoms with van der Waals surface area (Å²) in [7, 11) is 0. The Morgan fingerprint density at radius 1 is 0.929 bits per heavy atom. The number of carbonyl (C=O) groups excluding carboxylic acids is 2. The lowest BCUT2D eigenvalue weighted by atomic mass is 9.91. The zero-order chi connectivity index (χ0) is 19.8. The van der Waals surface area contributed by atoms with Crippen molar-refractivity contribution < 1.29 is 9.59 Å². The van der Waals surface area contributed by atoms with E-state index >= 15 is 0 Å². The fraction of sp³-hybridized carbons (Fsp3) is 0.136. The van der Waals surface area contributed by atoms with Gasteiger partial charge in [-0.1, -0.05) is 41.9 Å². The Hall–Kier alpha value is -3.18. The third-order valence-electron chi connectivity index (χ3n) is 4.26. The van der Waals surface area contributed by atoms with Crippen molar-refractivity contribution >= 4 is 29.1 Å². The molecular formula is C22H20ClN3O2. The molecule has 2 aromatic carbocycles. The molecule has 0 aliphatic carbocycles. The van der Waals surface area contributed by atoms with Crippen molar-refractivity contribution in [2.24, 2.45) is 0 Å². The molecule has 1 atom stereocenters. The van der Waals surface area contributed by atoms with Gasteiger partial charge in [0.25, 0.3) is 0 Å². The molecule has 0 radical (unpaired) electrons. The predicted octanol–water partition coefficient (Wildman–Crippen LogP) is 3.82. The molecule has 28 heavy (non-hydrogen) atoms. The Balaban J connectivity index is 1.67. The van der Waals surface area contributed by atoms with E-state index in [4.69, 9.17) is 11.6 Å². The lowest BCUT2D eigenvalue weighted by molar-refractivity contribution is -0.125. The van der Waals surface area contributed by atoms with Gasteiger partial charge in [0.1, 0.15) is 0 Å². The van der Waals surface area contributed by atoms with Crippen LogP contribution in [0, 0.1) is 0 Å². The summed E-state index contributed by atoms with van der Waals surface area (Å²) in [6.45, 7) is -0.103. The Morgan fingerprint density at radius 2 is 1.61 bits per heavy atom. The second-order valence-corrected chi connectivity index (χ2v) is 6.73. The summed E-state index contributed by atoms with van der Waals surface area (Å²) in [5, 5.41) is 6.10. The van der Waals surface area contributed by atoms with Gasteiger partial charge in [0.2, 0.25) is 11.8 Å². The summed E-state index contributed by atoms with van der Waals surface area (Å²) in [5.41, 5.74) is 2.51. The molecule has 0 saturated carbocycles. The molecule has 0 aliphatic rings. The van der Waals surface area contributed by atoms with Crippen LogP contribution in [0.4, 0.5) is 5.69 Å². The molecule has 2 N–H and O–H groups in total. The lowest BCUT2D eigenvalue weighted by Crippen LogP contribution is -2.36. The molecule has 0 saturated heterocycles. The molecule has 1 heterocycles. The molecule has 0 aliphatic heterocycles. The van der Waals surface area contributed by atoms with Gasteiger partial charge in [-0.15, -0.1) is 0 Å². The molecule has 3 aromatic rings. The average molecular weight is 394 g/mol. The molecular weight excluding hydrogens is 374 g/mol. The lowest BCUT2D eigenvalue weighted by Gasteiger charge is -2.17. The molecule has 6 heteroatoms. The first-order chi connectivity index (χ1) is 13.6. The minimum absolute atomic E-state index is 0.103. The smallest absolute Gasteiger partial charge is 0.243 e. The van der Waals surface area contributed by atoms with E-state index in [0.29, 0.717) is 17.1 Å². The van der Waals surface area contributed by atoms with Crippen LogP contribution >= 0.6 is 11.6 Å². The van der Waals surface area contributed by atoms with E-state index in [2.05, 4.69) is 15.6 Å². The van der Waals surface area contributed by atoms with Crippen molar-refractivity contribution in [1.29, 1.82) is 0 Å². The van der Waals surface area contributed by atoms with Gasteiger partial charge in [-0.3, -0.25) is 14.6 Å². The van der Waals surface area contributed by atoms with Crippen LogP contribution in [0.15, 0.2) is 79.1 Å². The van der Waals surface area contributed by atoms with Gasteiger partial charge in [0, 0.05) is 23.1 Å². The van der Waals surface area contributed by atoms with E-state index in [1.54, 1.807) is 36.7 Å². The number of nitrogens with zero attached hydrogens (tertiary/aromatic N) is 1. The van der Waals surface area contributed by atoms with E-state index in [9.17, 15) is 9.59 Å². The fourth-order valence-corrected chi connectivity index (χ4v) is 2.95. The highest BCUT2D eigenvalue weighted by Crippen LogP contribution is 2.23. The van der Waals surface area contributed by atoms with Gasteiger partial charge in [-0.05, 0) is 53.9 Å². The van der Waals surface area contributed by atoms with Gasteiger partial charge >= 0.3 is 0 Å². The molecule has 142 valence electrons. The summed E-state index contributed by atoms with van der Waals surface area (Å²) >= 11 is 5.97. The van der Waals surface area contributed by atoms with Gasteiger partial charge in [0.05, 0.1) is 12.5 Å². The molecule has 5 nitrogen and oxygen atoms in total. The average Bonchev–Trinajstić information content (AvgIpc) is 2.72. The third-order valence-corrected chi connectivity index (χ3v) is 4.51. The van der Waals surface area contributed by atoms with Crippen LogP contribution in [0.1, 0.15) is 17.0 Å². The summed E-state index contributed by atoms with van der Waals surface area (Å²) in [4.78, 5) is 29.0. The molecule has 2 amide bonds. The van der Waals surface area contributed by atoms with Crippen molar-refractivity contribution in [2.75, 3.05) is 11.9 Å². The maximum atomic E-state index is 12.9. The minimum atomic E-state index is -0.441. The molecule has 1 aromatic heterocycles. The number of anilines is 1. The van der Waals surface area contributed by atoms with Crippen LogP contribution in [0.3, 0.4) is 0 Å². The maximum absolute atomic E-state index is 12.9. The summed E-state index contributed by atoms with van der Waals surface area (Å²) < 4.78 is 0. The zero-order valence-electron chi connectivity index (χ0n) is 15.1. The molecule has 0 spiro atoms. The van der Waals surface area contributed by atoms with Crippen LogP contribution in [-0.2, 0) is 16.0 Å². The maximum Gasteiger partial charge on any atom is 0.243 e. The first-order valence-corrected chi connectivity index (χ1v) is 9.26. The first-order valence-electron chi connectivity index (χ1n) is 8.89. The number of rotatable bonds is 7. The van der Waals surface area contributed by atoms with Crippen LogP contribution in [0.25, 0.3) is 0 Å². The number of halogens is 1. The highest BCUT2D eigenvalue weighted by Gasteiger charge is 2.21. The number of hydrogen-bond acceptors (Lipinski definition) is 3. The highest BCUT2D eigenvalue weighted by atomic mass is 35.5. The number of amides is 2. The van der Waals surface area contributed by atoms with E-state index in [0.717, 1.165) is 11.1 Å². The van der Waals surface area contributed by atoms with Crippen LogP contribution < -0.4 is 10.6 Å². The standard InChI is InChI=1S/C22H20ClN3O2/c23-18-8-6-17(7-9-18)20(14-16-10-12-24-13-11-16)22(28)25-15-21(27)26-19-4-2-1-3-5-19/h1-13,20H,14-15H2,(H,25,28)(H,26,27). The van der Waals surface area contributed by atoms with E-state index < -0.39 is 5.92 Å². The quantitative estimate of drug-likeness (QED) is 0.641. The second-order valence-electron chi connectivity index (χ2n) is 6.30. The predicted molar refractivity (Wildman–Crippen MR) is 110 cm³/mol. The number of benzene rings is 2. The number of para-hydroxylation sites is 1. The number of carbonyl (C=O) groups is 2. The number of hydrogen-bond donors (Lipinski definition) is 2. The van der Waals surface area contributed by atoms with Crippen molar-refractivity contribution in [3.05, 3.63) is 95.3 Å². The van der Waals surface area contributed by atoms with Gasteiger partial charge in [-0.2, -0.15) is 0 Å². The number of nitrogens with one attached hydrogen (secondary N) is 2. The van der Waals surface area contributed by atoms with E-state index in [1.165, 1.54) is 0 Å². The summed E-state index contributed by atoms with van der Waals surface area (Å²) in [5.74, 6) is -0.940. The van der Waals surface area contributed by atoms with Gasteiger partial charge < -0.3 is 10.6 Å². The van der Waals surface area contributed by atoms with Crippen LogP contribution in [0.5, 0.6) is 0 Å². The molecule has 3 rings (SSSR count). The number of pyridine rings is 1. The van der Waals surface area contributed by atoms with E-state index in [-0.39, 0.29) is 18.4 Å². The normalized spacial score (nSPS) is 11.5. The van der Waals surface area contributed by atoms with Crippen LogP contribution in [-0.4, -0.2) is 23.3 Å². The number of aromatic nitrogens is 1. The second kappa shape index (κ2) is 9.67. The van der Waals surface area contributed by atoms with Crippen LogP contribution in [0.2, 0.25) is 5.02 Å². The monoisotopic (exact) mass is 393 g/mol. The van der Waals surface area contributed by atoms with Crippen molar-refractivity contribution in [3.63, 3.8) is 0 Å². The van der Waals surface area contributed by atoms with Gasteiger partial charge in [0.15, 0.2) is 0 Å². The Labute approximate surface area is 168 Å². The summed E-state index contributed by atoms with van der Waals surface area (Å²) in [6, 6.07) is 20.0. The Bertz CT molecular complexity index is 916. The summed E-state index contributed by atoms with van der Waals surface area (Å²) in [6.07, 6.45) is 3.88. The minimum Gasteiger partial charge on any atom is -0.346 e. The molecule has 0 bridgehead atoms. The van der Waals surface area contributed by atoms with Crippen molar-refractivity contribution in [2.45, 2.75) is 12.3 Å². The van der Waals surface area contributed by atoms with Crippen molar-refractivity contribution in [1.82, 2.24) is 10.3 Å². The highest BCUT2D eigenvalue weighted by molar-refractivity contribution is 6.30.